The Bertz CT molecular complexity index is 1420. The van der Waals surface area contributed by atoms with E-state index < -0.39 is 6.10 Å². The molecule has 0 bridgehead atoms. The molecular formula is C31H30N2O. The normalized spacial score (nSPS) is 23.1. The summed E-state index contributed by atoms with van der Waals surface area (Å²) in [5.41, 5.74) is 6.52. The Morgan fingerprint density at radius 1 is 0.971 bits per heavy atom. The number of hydrogen-bond donors (Lipinski definition) is 1. The Morgan fingerprint density at radius 3 is 2.65 bits per heavy atom. The highest BCUT2D eigenvalue weighted by atomic mass is 16.3. The van der Waals surface area contributed by atoms with Crippen LogP contribution in [0.1, 0.15) is 53.5 Å². The molecule has 1 N–H and O–H groups in total. The molecule has 3 heteroatoms. The molecule has 1 aliphatic heterocycles. The molecule has 3 aliphatic rings. The predicted octanol–water partition coefficient (Wildman–Crippen LogP) is 6.46. The third kappa shape index (κ3) is 3.46. The number of aliphatic hydroxyl groups is 1. The number of likely N-dealkylation sites (tertiary alicyclic amines) is 1. The number of hydrogen-bond acceptors (Lipinski definition) is 3. The maximum absolute atomic E-state index is 11.2. The topological polar surface area (TPSA) is 36.4 Å². The molecule has 0 radical (unpaired) electrons. The van der Waals surface area contributed by atoms with Gasteiger partial charge in [-0.3, -0.25) is 9.88 Å². The largest absolute Gasteiger partial charge is 0.388 e. The molecule has 3 aromatic carbocycles. The number of aliphatic hydroxyl groups excluding tert-OH is 1. The van der Waals surface area contributed by atoms with E-state index in [9.17, 15) is 5.11 Å². The van der Waals surface area contributed by atoms with E-state index in [2.05, 4.69) is 64.5 Å². The number of aromatic nitrogens is 1. The van der Waals surface area contributed by atoms with Crippen molar-refractivity contribution in [2.75, 3.05) is 13.1 Å². The summed E-state index contributed by atoms with van der Waals surface area (Å²) in [4.78, 5) is 7.18. The second-order valence-corrected chi connectivity index (χ2v) is 10.5. The van der Waals surface area contributed by atoms with Gasteiger partial charge in [0, 0.05) is 18.1 Å². The van der Waals surface area contributed by atoms with Crippen molar-refractivity contribution in [2.24, 2.45) is 11.8 Å². The summed E-state index contributed by atoms with van der Waals surface area (Å²) in [6.45, 7) is 3.08. The molecule has 2 fully saturated rings. The van der Waals surface area contributed by atoms with Crippen LogP contribution in [0.4, 0.5) is 0 Å². The quantitative estimate of drug-likeness (QED) is 0.391. The lowest BCUT2D eigenvalue weighted by atomic mass is 9.85. The highest BCUT2D eigenvalue weighted by Gasteiger charge is 2.41. The zero-order chi connectivity index (χ0) is 22.6. The number of para-hydroxylation sites is 1. The molecule has 1 saturated carbocycles. The van der Waals surface area contributed by atoms with Crippen molar-refractivity contribution in [1.29, 1.82) is 0 Å². The van der Waals surface area contributed by atoms with E-state index in [0.717, 1.165) is 60.8 Å². The first-order valence-electron chi connectivity index (χ1n) is 12.7. The molecule has 1 aromatic heterocycles. The van der Waals surface area contributed by atoms with E-state index >= 15 is 0 Å². The van der Waals surface area contributed by atoms with Gasteiger partial charge >= 0.3 is 0 Å². The average molecular weight is 447 g/mol. The minimum absolute atomic E-state index is 0.288. The van der Waals surface area contributed by atoms with Gasteiger partial charge in [0.2, 0.25) is 0 Å². The lowest BCUT2D eigenvalue weighted by Crippen LogP contribution is -2.35. The number of benzene rings is 3. The second kappa shape index (κ2) is 8.04. The Balaban J connectivity index is 1.11. The Labute approximate surface area is 200 Å². The van der Waals surface area contributed by atoms with E-state index in [0.29, 0.717) is 0 Å². The molecule has 0 spiro atoms. The van der Waals surface area contributed by atoms with Gasteiger partial charge in [-0.05, 0) is 101 Å². The second-order valence-electron chi connectivity index (χ2n) is 10.5. The van der Waals surface area contributed by atoms with E-state index in [1.165, 1.54) is 22.8 Å². The number of allylic oxidation sites excluding steroid dienone is 1. The molecule has 34 heavy (non-hydrogen) atoms. The summed E-state index contributed by atoms with van der Waals surface area (Å²) in [5, 5.41) is 15.0. The Hall–Kier alpha value is -3.01. The van der Waals surface area contributed by atoms with Crippen LogP contribution >= 0.6 is 0 Å². The molecule has 2 heterocycles. The third-order valence-corrected chi connectivity index (χ3v) is 8.38. The monoisotopic (exact) mass is 446 g/mol. The van der Waals surface area contributed by atoms with Crippen LogP contribution in [0.5, 0.6) is 0 Å². The molecule has 4 aromatic rings. The van der Waals surface area contributed by atoms with Gasteiger partial charge in [0.25, 0.3) is 0 Å². The van der Waals surface area contributed by atoms with Crippen LogP contribution in [0.15, 0.2) is 72.9 Å². The summed E-state index contributed by atoms with van der Waals surface area (Å²) in [6, 6.07) is 21.5. The molecule has 7 rings (SSSR count). The van der Waals surface area contributed by atoms with Crippen molar-refractivity contribution >= 4 is 27.8 Å². The number of nitrogens with zero attached hydrogens (tertiary/aromatic N) is 2. The number of rotatable bonds is 4. The van der Waals surface area contributed by atoms with Crippen molar-refractivity contribution in [3.63, 3.8) is 0 Å². The lowest BCUT2D eigenvalue weighted by molar-refractivity contribution is 0.0567. The first-order valence-corrected chi connectivity index (χ1v) is 12.7. The van der Waals surface area contributed by atoms with Crippen LogP contribution in [0.25, 0.3) is 27.8 Å². The Morgan fingerprint density at radius 2 is 1.76 bits per heavy atom. The highest BCUT2D eigenvalue weighted by Crippen LogP contribution is 2.55. The summed E-state index contributed by atoms with van der Waals surface area (Å²) < 4.78 is 0. The van der Waals surface area contributed by atoms with Crippen LogP contribution in [-0.2, 0) is 6.54 Å². The van der Waals surface area contributed by atoms with E-state index in [1.54, 1.807) is 11.1 Å². The van der Waals surface area contributed by atoms with Crippen LogP contribution in [0.3, 0.4) is 0 Å². The fraction of sp³-hybridized carbons (Fsp3) is 0.323. The molecule has 3 unspecified atom stereocenters. The van der Waals surface area contributed by atoms with Crippen LogP contribution in [-0.4, -0.2) is 28.1 Å². The number of fused-ring (bicyclic) bond motifs is 5. The summed E-state index contributed by atoms with van der Waals surface area (Å²) in [7, 11) is 0. The van der Waals surface area contributed by atoms with Crippen molar-refractivity contribution in [3.05, 3.63) is 95.2 Å². The van der Waals surface area contributed by atoms with E-state index in [1.807, 2.05) is 24.4 Å². The zero-order valence-corrected chi connectivity index (χ0v) is 19.4. The van der Waals surface area contributed by atoms with Crippen molar-refractivity contribution in [3.8, 4) is 0 Å². The van der Waals surface area contributed by atoms with Gasteiger partial charge in [0.15, 0.2) is 0 Å². The summed E-state index contributed by atoms with van der Waals surface area (Å²) in [5.74, 6) is 1.76. The SMILES string of the molecule is OC(c1cnc2ccccc2c1)C1CCN(Cc2c3c(cc4ccccc24)C=CC2CC32)CC1. The molecule has 0 amide bonds. The van der Waals surface area contributed by atoms with Gasteiger partial charge in [0.05, 0.1) is 11.6 Å². The first kappa shape index (κ1) is 20.4. The van der Waals surface area contributed by atoms with Crippen LogP contribution < -0.4 is 0 Å². The number of piperidine rings is 1. The molecular weight excluding hydrogens is 416 g/mol. The molecule has 2 aliphatic carbocycles. The van der Waals surface area contributed by atoms with E-state index in [-0.39, 0.29) is 5.92 Å². The van der Waals surface area contributed by atoms with Crippen LogP contribution in [0, 0.1) is 11.8 Å². The summed E-state index contributed by atoms with van der Waals surface area (Å²) >= 11 is 0. The van der Waals surface area contributed by atoms with Crippen LogP contribution in [0.2, 0.25) is 0 Å². The lowest BCUT2D eigenvalue weighted by Gasteiger charge is -2.35. The molecule has 3 atom stereocenters. The van der Waals surface area contributed by atoms with Gasteiger partial charge in [0.1, 0.15) is 0 Å². The van der Waals surface area contributed by atoms with Gasteiger partial charge < -0.3 is 5.11 Å². The van der Waals surface area contributed by atoms with Crippen molar-refractivity contribution in [1.82, 2.24) is 9.88 Å². The first-order chi connectivity index (χ1) is 16.7. The standard InChI is InChI=1S/C31H30N2O/c34-31(25-16-23-6-2-4-8-29(23)32-18-25)20-11-13-33(14-12-20)19-28-26-7-3-1-5-21(26)15-24-10-9-22-17-27(22)30(24)28/h1-10,15-16,18,20,22,27,31,34H,11-14,17,19H2. The fourth-order valence-electron chi connectivity index (χ4n) is 6.37. The minimum atomic E-state index is -0.443. The van der Waals surface area contributed by atoms with Crippen molar-refractivity contribution < 1.29 is 5.11 Å². The minimum Gasteiger partial charge on any atom is -0.388 e. The third-order valence-electron chi connectivity index (χ3n) is 8.38. The average Bonchev–Trinajstić information content (AvgIpc) is 3.68. The van der Waals surface area contributed by atoms with Crippen molar-refractivity contribution in [2.45, 2.75) is 37.8 Å². The molecule has 1 saturated heterocycles. The summed E-state index contributed by atoms with van der Waals surface area (Å²) in [6.07, 6.45) is 9.55. The fourth-order valence-corrected chi connectivity index (χ4v) is 6.37. The maximum atomic E-state index is 11.2. The van der Waals surface area contributed by atoms with Gasteiger partial charge in [-0.15, -0.1) is 0 Å². The number of pyridine rings is 1. The van der Waals surface area contributed by atoms with Gasteiger partial charge in [-0.2, -0.15) is 0 Å². The molecule has 3 nitrogen and oxygen atoms in total. The Kier molecular flexibility index (Phi) is 4.82. The van der Waals surface area contributed by atoms with Gasteiger partial charge in [-0.1, -0.05) is 54.6 Å². The smallest absolute Gasteiger partial charge is 0.0834 e. The molecule has 170 valence electrons. The van der Waals surface area contributed by atoms with E-state index in [4.69, 9.17) is 0 Å². The zero-order valence-electron chi connectivity index (χ0n) is 19.4. The predicted molar refractivity (Wildman–Crippen MR) is 139 cm³/mol. The highest BCUT2D eigenvalue weighted by molar-refractivity contribution is 5.90. The van der Waals surface area contributed by atoms with Gasteiger partial charge in [-0.25, -0.2) is 0 Å². The maximum Gasteiger partial charge on any atom is 0.0834 e.